The predicted molar refractivity (Wildman–Crippen MR) is 79.4 cm³/mol. The van der Waals surface area contributed by atoms with Gasteiger partial charge in [0.25, 0.3) is 0 Å². The van der Waals surface area contributed by atoms with E-state index in [4.69, 9.17) is 0 Å². The number of H-pyrrole nitrogens is 1. The summed E-state index contributed by atoms with van der Waals surface area (Å²) in [5, 5.41) is 16.8. The number of hydrogen-bond acceptors (Lipinski definition) is 4. The van der Waals surface area contributed by atoms with Crippen LogP contribution in [0.15, 0.2) is 24.3 Å². The lowest BCUT2D eigenvalue weighted by molar-refractivity contribution is -0.116. The molecular formula is C15H19N5O. The predicted octanol–water partition coefficient (Wildman–Crippen LogP) is 2.78. The number of anilines is 1. The lowest BCUT2D eigenvalue weighted by Crippen LogP contribution is -2.12. The molecule has 0 spiro atoms. The van der Waals surface area contributed by atoms with Gasteiger partial charge in [0.2, 0.25) is 11.7 Å². The van der Waals surface area contributed by atoms with Gasteiger partial charge < -0.3 is 5.32 Å². The number of benzene rings is 1. The topological polar surface area (TPSA) is 83.6 Å². The number of tetrazole rings is 1. The van der Waals surface area contributed by atoms with Gasteiger partial charge in [-0.1, -0.05) is 37.8 Å². The van der Waals surface area contributed by atoms with Crippen molar-refractivity contribution in [1.82, 2.24) is 20.6 Å². The van der Waals surface area contributed by atoms with Crippen molar-refractivity contribution in [2.45, 2.75) is 38.5 Å². The van der Waals surface area contributed by atoms with Crippen LogP contribution in [0.5, 0.6) is 0 Å². The normalized spacial score (nSPS) is 15.2. The maximum Gasteiger partial charge on any atom is 0.224 e. The first-order chi connectivity index (χ1) is 10.3. The van der Waals surface area contributed by atoms with Crippen LogP contribution in [0.3, 0.4) is 0 Å². The van der Waals surface area contributed by atoms with Crippen LogP contribution in [-0.2, 0) is 4.79 Å². The molecule has 1 aromatic heterocycles. The fourth-order valence-electron chi connectivity index (χ4n) is 2.88. The summed E-state index contributed by atoms with van der Waals surface area (Å²) in [6.45, 7) is 0. The van der Waals surface area contributed by atoms with Crippen molar-refractivity contribution in [3.8, 4) is 11.4 Å². The second-order valence-electron chi connectivity index (χ2n) is 5.55. The molecule has 1 aliphatic rings. The second-order valence-corrected chi connectivity index (χ2v) is 5.55. The molecule has 0 atom stereocenters. The number of aromatic nitrogens is 4. The standard InChI is InChI=1S/C15H19N5O/c21-14(9-8-11-4-1-2-5-11)16-13-7-3-6-12(10-13)15-17-19-20-18-15/h3,6-7,10-11H,1-2,4-5,8-9H2,(H,16,21)(H,17,18,19,20). The number of aromatic amines is 1. The van der Waals surface area contributed by atoms with Gasteiger partial charge in [0.1, 0.15) is 0 Å². The van der Waals surface area contributed by atoms with Crippen LogP contribution in [0.2, 0.25) is 0 Å². The van der Waals surface area contributed by atoms with E-state index in [0.29, 0.717) is 12.2 Å². The first kappa shape index (κ1) is 13.7. The smallest absolute Gasteiger partial charge is 0.224 e. The van der Waals surface area contributed by atoms with Crippen molar-refractivity contribution in [2.75, 3.05) is 5.32 Å². The molecule has 2 N–H and O–H groups in total. The van der Waals surface area contributed by atoms with E-state index in [-0.39, 0.29) is 5.91 Å². The summed E-state index contributed by atoms with van der Waals surface area (Å²) in [5.41, 5.74) is 1.60. The zero-order valence-electron chi connectivity index (χ0n) is 11.9. The first-order valence-electron chi connectivity index (χ1n) is 7.45. The zero-order valence-corrected chi connectivity index (χ0v) is 11.9. The van der Waals surface area contributed by atoms with Gasteiger partial charge in [0, 0.05) is 17.7 Å². The number of hydrogen-bond donors (Lipinski definition) is 2. The molecule has 6 heteroatoms. The van der Waals surface area contributed by atoms with E-state index in [0.717, 1.165) is 23.6 Å². The average Bonchev–Trinajstić information content (AvgIpc) is 3.19. The van der Waals surface area contributed by atoms with Gasteiger partial charge in [-0.15, -0.1) is 10.2 Å². The number of rotatable bonds is 5. The third kappa shape index (κ3) is 3.65. The molecule has 6 nitrogen and oxygen atoms in total. The maximum atomic E-state index is 12.0. The fraction of sp³-hybridized carbons (Fsp3) is 0.467. The molecule has 1 aromatic carbocycles. The van der Waals surface area contributed by atoms with E-state index in [9.17, 15) is 4.79 Å². The van der Waals surface area contributed by atoms with Gasteiger partial charge in [0.15, 0.2) is 0 Å². The highest BCUT2D eigenvalue weighted by Gasteiger charge is 2.16. The van der Waals surface area contributed by atoms with Gasteiger partial charge >= 0.3 is 0 Å². The Hall–Kier alpha value is -2.24. The van der Waals surface area contributed by atoms with E-state index in [1.165, 1.54) is 25.7 Å². The van der Waals surface area contributed by atoms with Crippen molar-refractivity contribution >= 4 is 11.6 Å². The van der Waals surface area contributed by atoms with Crippen molar-refractivity contribution in [1.29, 1.82) is 0 Å². The van der Waals surface area contributed by atoms with Gasteiger partial charge in [-0.2, -0.15) is 5.21 Å². The monoisotopic (exact) mass is 285 g/mol. The number of nitrogens with one attached hydrogen (secondary N) is 2. The molecule has 1 fully saturated rings. The highest BCUT2D eigenvalue weighted by Crippen LogP contribution is 2.28. The summed E-state index contributed by atoms with van der Waals surface area (Å²) in [7, 11) is 0. The van der Waals surface area contributed by atoms with Gasteiger partial charge in [-0.25, -0.2) is 0 Å². The van der Waals surface area contributed by atoms with E-state index < -0.39 is 0 Å². The van der Waals surface area contributed by atoms with E-state index >= 15 is 0 Å². The minimum atomic E-state index is 0.0761. The van der Waals surface area contributed by atoms with Crippen LogP contribution in [0.1, 0.15) is 38.5 Å². The quantitative estimate of drug-likeness (QED) is 0.884. The molecule has 0 aliphatic heterocycles. The number of carbonyl (C=O) groups excluding carboxylic acids is 1. The minimum absolute atomic E-state index is 0.0761. The van der Waals surface area contributed by atoms with Crippen LogP contribution in [-0.4, -0.2) is 26.5 Å². The largest absolute Gasteiger partial charge is 0.326 e. The maximum absolute atomic E-state index is 12.0. The Bertz CT molecular complexity index is 590. The Morgan fingerprint density at radius 1 is 1.33 bits per heavy atom. The number of nitrogens with zero attached hydrogens (tertiary/aromatic N) is 3. The Labute approximate surface area is 123 Å². The molecule has 0 saturated heterocycles. The summed E-state index contributed by atoms with van der Waals surface area (Å²) in [6, 6.07) is 7.49. The fourth-order valence-corrected chi connectivity index (χ4v) is 2.88. The highest BCUT2D eigenvalue weighted by molar-refractivity contribution is 5.91. The minimum Gasteiger partial charge on any atom is -0.326 e. The first-order valence-corrected chi connectivity index (χ1v) is 7.45. The van der Waals surface area contributed by atoms with Gasteiger partial charge in [0.05, 0.1) is 0 Å². The Kier molecular flexibility index (Phi) is 4.23. The van der Waals surface area contributed by atoms with Crippen LogP contribution < -0.4 is 5.32 Å². The molecule has 0 unspecified atom stereocenters. The summed E-state index contributed by atoms with van der Waals surface area (Å²) in [4.78, 5) is 12.0. The van der Waals surface area contributed by atoms with Gasteiger partial charge in [-0.3, -0.25) is 4.79 Å². The SMILES string of the molecule is O=C(CCC1CCCC1)Nc1cccc(-c2nn[nH]n2)c1. The van der Waals surface area contributed by atoms with E-state index in [2.05, 4.69) is 25.9 Å². The molecule has 0 bridgehead atoms. The van der Waals surface area contributed by atoms with Crippen LogP contribution in [0.25, 0.3) is 11.4 Å². The molecule has 3 rings (SSSR count). The molecule has 21 heavy (non-hydrogen) atoms. The van der Waals surface area contributed by atoms with Crippen LogP contribution in [0, 0.1) is 5.92 Å². The van der Waals surface area contributed by atoms with E-state index in [1.807, 2.05) is 24.3 Å². The Balaban J connectivity index is 1.56. The van der Waals surface area contributed by atoms with Crippen molar-refractivity contribution in [3.05, 3.63) is 24.3 Å². The Morgan fingerprint density at radius 3 is 2.95 bits per heavy atom. The summed E-state index contributed by atoms with van der Waals surface area (Å²) in [6.07, 6.45) is 6.78. The van der Waals surface area contributed by atoms with Crippen LogP contribution in [0.4, 0.5) is 5.69 Å². The van der Waals surface area contributed by atoms with Crippen molar-refractivity contribution in [3.63, 3.8) is 0 Å². The number of carbonyl (C=O) groups is 1. The van der Waals surface area contributed by atoms with Crippen molar-refractivity contribution < 1.29 is 4.79 Å². The average molecular weight is 285 g/mol. The van der Waals surface area contributed by atoms with Gasteiger partial charge in [-0.05, 0) is 29.7 Å². The lowest BCUT2D eigenvalue weighted by Gasteiger charge is -2.09. The summed E-state index contributed by atoms with van der Waals surface area (Å²) >= 11 is 0. The zero-order chi connectivity index (χ0) is 14.5. The number of amides is 1. The molecule has 1 heterocycles. The third-order valence-corrected chi connectivity index (χ3v) is 4.00. The Morgan fingerprint density at radius 2 is 2.19 bits per heavy atom. The summed E-state index contributed by atoms with van der Waals surface area (Å²) in [5.74, 6) is 1.34. The van der Waals surface area contributed by atoms with Crippen molar-refractivity contribution in [2.24, 2.45) is 5.92 Å². The second kappa shape index (κ2) is 6.47. The molecule has 0 radical (unpaired) electrons. The third-order valence-electron chi connectivity index (χ3n) is 4.00. The molecule has 1 amide bonds. The molecule has 110 valence electrons. The lowest BCUT2D eigenvalue weighted by atomic mass is 10.0. The highest BCUT2D eigenvalue weighted by atomic mass is 16.1. The molecule has 1 aliphatic carbocycles. The molecular weight excluding hydrogens is 266 g/mol. The summed E-state index contributed by atoms with van der Waals surface area (Å²) < 4.78 is 0. The van der Waals surface area contributed by atoms with E-state index in [1.54, 1.807) is 0 Å². The van der Waals surface area contributed by atoms with Crippen LogP contribution >= 0.6 is 0 Å². The molecule has 2 aromatic rings. The molecule has 1 saturated carbocycles.